The van der Waals surface area contributed by atoms with Gasteiger partial charge in [-0.05, 0) is 41.4 Å². The second kappa shape index (κ2) is 4.90. The standard InChI is InChI=1S/C15H24O/c1-11(2)12(3)10-15(4,5)13-6-8-14(16)9-7-13/h6-9,11-12,16H,10H2,1-5H3/t12-/m0/s1. The lowest BCUT2D eigenvalue weighted by Gasteiger charge is -2.30. The Morgan fingerprint density at radius 3 is 2.00 bits per heavy atom. The molecule has 0 saturated carbocycles. The lowest BCUT2D eigenvalue weighted by molar-refractivity contribution is 0.309. The molecule has 1 rings (SSSR count). The monoisotopic (exact) mass is 220 g/mol. The number of hydrogen-bond acceptors (Lipinski definition) is 1. The van der Waals surface area contributed by atoms with Gasteiger partial charge in [-0.1, -0.05) is 46.8 Å². The van der Waals surface area contributed by atoms with E-state index in [0.29, 0.717) is 11.7 Å². The van der Waals surface area contributed by atoms with Crippen molar-refractivity contribution in [1.29, 1.82) is 0 Å². The summed E-state index contributed by atoms with van der Waals surface area (Å²) in [4.78, 5) is 0. The molecule has 0 amide bonds. The van der Waals surface area contributed by atoms with Crippen LogP contribution in [0.5, 0.6) is 5.75 Å². The molecule has 0 spiro atoms. The lowest BCUT2D eigenvalue weighted by Crippen LogP contribution is -2.22. The second-order valence-corrected chi connectivity index (χ2v) is 5.86. The molecular weight excluding hydrogens is 196 g/mol. The zero-order valence-electron chi connectivity index (χ0n) is 11.1. The van der Waals surface area contributed by atoms with Gasteiger partial charge in [0.2, 0.25) is 0 Å². The van der Waals surface area contributed by atoms with E-state index >= 15 is 0 Å². The highest BCUT2D eigenvalue weighted by Gasteiger charge is 2.24. The molecule has 0 aromatic heterocycles. The maximum Gasteiger partial charge on any atom is 0.115 e. The molecule has 0 aliphatic rings. The Hall–Kier alpha value is -0.980. The summed E-state index contributed by atoms with van der Waals surface area (Å²) < 4.78 is 0. The van der Waals surface area contributed by atoms with Crippen LogP contribution in [-0.4, -0.2) is 5.11 Å². The van der Waals surface area contributed by atoms with Crippen molar-refractivity contribution in [1.82, 2.24) is 0 Å². The lowest BCUT2D eigenvalue weighted by atomic mass is 9.75. The molecule has 1 N–H and O–H groups in total. The normalized spacial score (nSPS) is 14.1. The minimum atomic E-state index is 0.178. The second-order valence-electron chi connectivity index (χ2n) is 5.86. The summed E-state index contributed by atoms with van der Waals surface area (Å²) in [7, 11) is 0. The van der Waals surface area contributed by atoms with E-state index in [1.807, 2.05) is 12.1 Å². The molecular formula is C15H24O. The van der Waals surface area contributed by atoms with Crippen LogP contribution in [-0.2, 0) is 5.41 Å². The van der Waals surface area contributed by atoms with Crippen molar-refractivity contribution in [3.8, 4) is 5.75 Å². The Kier molecular flexibility index (Phi) is 4.01. The summed E-state index contributed by atoms with van der Waals surface area (Å²) in [5, 5.41) is 9.29. The third kappa shape index (κ3) is 3.26. The highest BCUT2D eigenvalue weighted by Crippen LogP contribution is 2.33. The van der Waals surface area contributed by atoms with Gasteiger partial charge < -0.3 is 5.11 Å². The predicted molar refractivity (Wildman–Crippen MR) is 69.8 cm³/mol. The zero-order chi connectivity index (χ0) is 12.3. The highest BCUT2D eigenvalue weighted by atomic mass is 16.3. The Labute approximate surface area is 99.5 Å². The van der Waals surface area contributed by atoms with Crippen LogP contribution in [0.3, 0.4) is 0 Å². The first-order chi connectivity index (χ1) is 7.33. The first-order valence-electron chi connectivity index (χ1n) is 6.12. The molecule has 1 nitrogen and oxygen atoms in total. The number of aromatic hydroxyl groups is 1. The van der Waals surface area contributed by atoms with Gasteiger partial charge in [-0.25, -0.2) is 0 Å². The number of hydrogen-bond donors (Lipinski definition) is 1. The van der Waals surface area contributed by atoms with Crippen LogP contribution in [0, 0.1) is 11.8 Å². The fourth-order valence-corrected chi connectivity index (χ4v) is 2.07. The van der Waals surface area contributed by atoms with Gasteiger partial charge in [0.1, 0.15) is 5.75 Å². The van der Waals surface area contributed by atoms with Gasteiger partial charge >= 0.3 is 0 Å². The van der Waals surface area contributed by atoms with Crippen LogP contribution >= 0.6 is 0 Å². The fourth-order valence-electron chi connectivity index (χ4n) is 2.07. The Morgan fingerprint density at radius 1 is 1.06 bits per heavy atom. The average molecular weight is 220 g/mol. The Bertz CT molecular complexity index is 322. The van der Waals surface area contributed by atoms with E-state index < -0.39 is 0 Å². The van der Waals surface area contributed by atoms with Gasteiger partial charge in [-0.3, -0.25) is 0 Å². The first kappa shape index (κ1) is 13.1. The third-order valence-electron chi connectivity index (χ3n) is 3.62. The summed E-state index contributed by atoms with van der Waals surface area (Å²) in [5.41, 5.74) is 1.48. The Balaban J connectivity index is 2.80. The van der Waals surface area contributed by atoms with Gasteiger partial charge in [0.05, 0.1) is 0 Å². The van der Waals surface area contributed by atoms with Crippen LogP contribution in [0.4, 0.5) is 0 Å². The number of phenols is 1. The molecule has 0 bridgehead atoms. The minimum Gasteiger partial charge on any atom is -0.508 e. The molecule has 90 valence electrons. The number of phenolic OH excluding ortho intramolecular Hbond substituents is 1. The molecule has 1 aromatic carbocycles. The van der Waals surface area contributed by atoms with E-state index in [4.69, 9.17) is 0 Å². The van der Waals surface area contributed by atoms with Gasteiger partial charge in [-0.2, -0.15) is 0 Å². The number of rotatable bonds is 4. The van der Waals surface area contributed by atoms with Crippen molar-refractivity contribution in [3.05, 3.63) is 29.8 Å². The van der Waals surface area contributed by atoms with Crippen molar-refractivity contribution in [2.75, 3.05) is 0 Å². The van der Waals surface area contributed by atoms with Crippen molar-refractivity contribution in [2.24, 2.45) is 11.8 Å². The molecule has 1 heteroatoms. The summed E-state index contributed by atoms with van der Waals surface area (Å²) in [6, 6.07) is 7.61. The molecule has 1 aromatic rings. The predicted octanol–water partition coefficient (Wildman–Crippen LogP) is 4.35. The molecule has 0 fully saturated rings. The molecule has 0 saturated heterocycles. The fraction of sp³-hybridized carbons (Fsp3) is 0.600. The molecule has 0 unspecified atom stereocenters. The van der Waals surface area contributed by atoms with Crippen molar-refractivity contribution in [3.63, 3.8) is 0 Å². The van der Waals surface area contributed by atoms with Gasteiger partial charge in [0, 0.05) is 0 Å². The van der Waals surface area contributed by atoms with Gasteiger partial charge in [0.15, 0.2) is 0 Å². The topological polar surface area (TPSA) is 20.2 Å². The highest BCUT2D eigenvalue weighted by molar-refractivity contribution is 5.30. The van der Waals surface area contributed by atoms with E-state index in [-0.39, 0.29) is 5.41 Å². The Morgan fingerprint density at radius 2 is 1.56 bits per heavy atom. The van der Waals surface area contributed by atoms with Crippen LogP contribution in [0.1, 0.15) is 46.6 Å². The van der Waals surface area contributed by atoms with E-state index in [1.54, 1.807) is 12.1 Å². The smallest absolute Gasteiger partial charge is 0.115 e. The summed E-state index contributed by atoms with van der Waals surface area (Å²) in [6.07, 6.45) is 1.18. The maximum atomic E-state index is 9.29. The third-order valence-corrected chi connectivity index (χ3v) is 3.62. The summed E-state index contributed by atoms with van der Waals surface area (Å²) in [6.45, 7) is 11.4. The van der Waals surface area contributed by atoms with Crippen LogP contribution < -0.4 is 0 Å². The van der Waals surface area contributed by atoms with Crippen LogP contribution in [0.2, 0.25) is 0 Å². The van der Waals surface area contributed by atoms with E-state index in [9.17, 15) is 5.11 Å². The van der Waals surface area contributed by atoms with E-state index in [2.05, 4.69) is 34.6 Å². The van der Waals surface area contributed by atoms with Gasteiger partial charge in [0.25, 0.3) is 0 Å². The molecule has 0 heterocycles. The SMILES string of the molecule is CC(C)[C@@H](C)CC(C)(C)c1ccc(O)cc1. The van der Waals surface area contributed by atoms with E-state index in [1.165, 1.54) is 12.0 Å². The summed E-state index contributed by atoms with van der Waals surface area (Å²) >= 11 is 0. The van der Waals surface area contributed by atoms with Crippen molar-refractivity contribution < 1.29 is 5.11 Å². The average Bonchev–Trinajstić information content (AvgIpc) is 2.17. The first-order valence-corrected chi connectivity index (χ1v) is 6.12. The quantitative estimate of drug-likeness (QED) is 0.799. The zero-order valence-corrected chi connectivity index (χ0v) is 11.1. The molecule has 0 aliphatic heterocycles. The summed E-state index contributed by atoms with van der Waals surface area (Å²) in [5.74, 6) is 1.77. The van der Waals surface area contributed by atoms with Crippen LogP contribution in [0.15, 0.2) is 24.3 Å². The molecule has 1 atom stereocenters. The van der Waals surface area contributed by atoms with Gasteiger partial charge in [-0.15, -0.1) is 0 Å². The van der Waals surface area contributed by atoms with Crippen molar-refractivity contribution >= 4 is 0 Å². The minimum absolute atomic E-state index is 0.178. The molecule has 0 radical (unpaired) electrons. The number of benzene rings is 1. The maximum absolute atomic E-state index is 9.29. The molecule has 16 heavy (non-hydrogen) atoms. The molecule has 0 aliphatic carbocycles. The largest absolute Gasteiger partial charge is 0.508 e. The van der Waals surface area contributed by atoms with Crippen molar-refractivity contribution in [2.45, 2.75) is 46.5 Å². The van der Waals surface area contributed by atoms with Crippen LogP contribution in [0.25, 0.3) is 0 Å². The van der Waals surface area contributed by atoms with E-state index in [0.717, 1.165) is 5.92 Å².